The van der Waals surface area contributed by atoms with Crippen LogP contribution in [-0.4, -0.2) is 19.9 Å². The Morgan fingerprint density at radius 3 is 2.50 bits per heavy atom. The number of hydrogen-bond donors (Lipinski definition) is 1. The van der Waals surface area contributed by atoms with Gasteiger partial charge in [-0.25, -0.2) is 19.3 Å². The van der Waals surface area contributed by atoms with Crippen LogP contribution < -0.4 is 5.56 Å². The zero-order valence-corrected chi connectivity index (χ0v) is 17.1. The third-order valence-corrected chi connectivity index (χ3v) is 5.45. The van der Waals surface area contributed by atoms with Crippen molar-refractivity contribution in [1.29, 1.82) is 0 Å². The van der Waals surface area contributed by atoms with Crippen LogP contribution in [0, 0.1) is 12.7 Å². The minimum Gasteiger partial charge on any atom is -0.466 e. The van der Waals surface area contributed by atoms with Crippen molar-refractivity contribution in [2.75, 3.05) is 0 Å². The number of H-pyrrole nitrogens is 1. The van der Waals surface area contributed by atoms with Crippen LogP contribution in [0.15, 0.2) is 69.5 Å². The van der Waals surface area contributed by atoms with Crippen molar-refractivity contribution >= 4 is 11.8 Å². The summed E-state index contributed by atoms with van der Waals surface area (Å²) in [6.45, 7) is 1.88. The van der Waals surface area contributed by atoms with Gasteiger partial charge < -0.3 is 9.40 Å². The number of hydrogen-bond acceptors (Lipinski definition) is 6. The van der Waals surface area contributed by atoms with Gasteiger partial charge in [-0.05, 0) is 42.3 Å². The summed E-state index contributed by atoms with van der Waals surface area (Å²) in [5, 5.41) is 0.510. The van der Waals surface area contributed by atoms with Gasteiger partial charge in [0.15, 0.2) is 5.16 Å². The fourth-order valence-electron chi connectivity index (χ4n) is 3.02. The van der Waals surface area contributed by atoms with E-state index in [1.54, 1.807) is 24.5 Å². The van der Waals surface area contributed by atoms with Gasteiger partial charge in [0, 0.05) is 36.6 Å². The molecule has 0 saturated carbocycles. The van der Waals surface area contributed by atoms with Gasteiger partial charge in [-0.2, -0.15) is 0 Å². The standard InChI is InChI=1S/C22H19FN4O2S/c1-14-2-7-18(29-14)9-20-19(8-16-10-24-13-25-11-16)21(28)27-22(26-20)30-12-15-3-5-17(23)6-4-15/h2-7,10-11,13H,8-9,12H2,1H3,(H,26,27,28). The summed E-state index contributed by atoms with van der Waals surface area (Å²) < 4.78 is 18.8. The smallest absolute Gasteiger partial charge is 0.255 e. The van der Waals surface area contributed by atoms with Gasteiger partial charge in [-0.1, -0.05) is 23.9 Å². The van der Waals surface area contributed by atoms with Crippen LogP contribution in [0.2, 0.25) is 0 Å². The van der Waals surface area contributed by atoms with E-state index in [-0.39, 0.29) is 11.4 Å². The second-order valence-electron chi connectivity index (χ2n) is 6.82. The van der Waals surface area contributed by atoms with Crippen molar-refractivity contribution in [1.82, 2.24) is 19.9 Å². The fourth-order valence-corrected chi connectivity index (χ4v) is 3.86. The number of nitrogens with one attached hydrogen (secondary N) is 1. The van der Waals surface area contributed by atoms with E-state index in [0.717, 1.165) is 22.6 Å². The molecule has 6 nitrogen and oxygen atoms in total. The molecule has 0 spiro atoms. The number of thioether (sulfide) groups is 1. The van der Waals surface area contributed by atoms with Crippen LogP contribution >= 0.6 is 11.8 Å². The van der Waals surface area contributed by atoms with Crippen LogP contribution in [-0.2, 0) is 18.6 Å². The maximum atomic E-state index is 13.1. The van der Waals surface area contributed by atoms with E-state index in [4.69, 9.17) is 9.40 Å². The largest absolute Gasteiger partial charge is 0.466 e. The average Bonchev–Trinajstić information content (AvgIpc) is 3.15. The Labute approximate surface area is 176 Å². The first-order valence-corrected chi connectivity index (χ1v) is 10.3. The van der Waals surface area contributed by atoms with Gasteiger partial charge >= 0.3 is 0 Å². The number of aromatic amines is 1. The molecule has 0 radical (unpaired) electrons. The number of halogens is 1. The lowest BCUT2D eigenvalue weighted by atomic mass is 10.0. The maximum Gasteiger partial charge on any atom is 0.255 e. The quantitative estimate of drug-likeness (QED) is 0.357. The molecule has 3 heterocycles. The van der Waals surface area contributed by atoms with Crippen LogP contribution in [0.25, 0.3) is 0 Å². The molecule has 0 saturated heterocycles. The van der Waals surface area contributed by atoms with Gasteiger partial charge in [0.25, 0.3) is 5.56 Å². The maximum absolute atomic E-state index is 13.1. The molecule has 0 unspecified atom stereocenters. The molecule has 1 aromatic carbocycles. The van der Waals surface area contributed by atoms with E-state index < -0.39 is 0 Å². The summed E-state index contributed by atoms with van der Waals surface area (Å²) in [6.07, 6.45) is 5.61. The number of furan rings is 1. The molecule has 1 N–H and O–H groups in total. The molecule has 8 heteroatoms. The van der Waals surface area contributed by atoms with E-state index in [0.29, 0.717) is 35.0 Å². The van der Waals surface area contributed by atoms with Gasteiger partial charge in [0.2, 0.25) is 0 Å². The summed E-state index contributed by atoms with van der Waals surface area (Å²) in [7, 11) is 0. The number of nitrogens with zero attached hydrogens (tertiary/aromatic N) is 3. The predicted molar refractivity (Wildman–Crippen MR) is 112 cm³/mol. The molecule has 30 heavy (non-hydrogen) atoms. The minimum absolute atomic E-state index is 0.200. The molecule has 0 atom stereocenters. The Balaban J connectivity index is 1.63. The third-order valence-electron chi connectivity index (χ3n) is 4.50. The number of aromatic nitrogens is 4. The zero-order chi connectivity index (χ0) is 20.9. The summed E-state index contributed by atoms with van der Waals surface area (Å²) >= 11 is 1.39. The van der Waals surface area contributed by atoms with Crippen molar-refractivity contribution in [3.8, 4) is 0 Å². The second-order valence-corrected chi connectivity index (χ2v) is 7.79. The fraction of sp³-hybridized carbons (Fsp3) is 0.182. The minimum atomic E-state index is -0.277. The second kappa shape index (κ2) is 9.04. The Kier molecular flexibility index (Phi) is 6.04. The molecule has 0 aliphatic carbocycles. The summed E-state index contributed by atoms with van der Waals surface area (Å²) in [5.74, 6) is 1.83. The van der Waals surface area contributed by atoms with E-state index >= 15 is 0 Å². The molecule has 3 aromatic heterocycles. The van der Waals surface area contributed by atoms with Crippen molar-refractivity contribution in [2.24, 2.45) is 0 Å². The first-order chi connectivity index (χ1) is 14.6. The lowest BCUT2D eigenvalue weighted by molar-refractivity contribution is 0.490. The molecule has 0 amide bonds. The van der Waals surface area contributed by atoms with Crippen molar-refractivity contribution in [3.05, 3.63) is 105 Å². The number of aryl methyl sites for hydroxylation is 1. The lowest BCUT2D eigenvalue weighted by Crippen LogP contribution is -2.19. The first-order valence-electron chi connectivity index (χ1n) is 9.35. The highest BCUT2D eigenvalue weighted by atomic mass is 32.2. The normalized spacial score (nSPS) is 11.0. The molecule has 0 aliphatic rings. The molecule has 0 fully saturated rings. The Bertz CT molecular complexity index is 1190. The molecule has 0 aliphatic heterocycles. The van der Waals surface area contributed by atoms with E-state index in [1.165, 1.54) is 30.2 Å². The van der Waals surface area contributed by atoms with E-state index in [1.807, 2.05) is 19.1 Å². The van der Waals surface area contributed by atoms with Crippen molar-refractivity contribution < 1.29 is 8.81 Å². The van der Waals surface area contributed by atoms with Gasteiger partial charge in [-0.15, -0.1) is 0 Å². The van der Waals surface area contributed by atoms with Crippen LogP contribution in [0.4, 0.5) is 4.39 Å². The Morgan fingerprint density at radius 2 is 1.80 bits per heavy atom. The van der Waals surface area contributed by atoms with Crippen molar-refractivity contribution in [2.45, 2.75) is 30.7 Å². The zero-order valence-electron chi connectivity index (χ0n) is 16.3. The lowest BCUT2D eigenvalue weighted by Gasteiger charge is -2.10. The Hall–Kier alpha value is -3.26. The molecule has 152 valence electrons. The number of benzene rings is 1. The summed E-state index contributed by atoms with van der Waals surface area (Å²) in [5.41, 5.74) is 2.78. The monoisotopic (exact) mass is 422 g/mol. The third kappa shape index (κ3) is 5.01. The highest BCUT2D eigenvalue weighted by molar-refractivity contribution is 7.98. The Morgan fingerprint density at radius 1 is 1.03 bits per heavy atom. The molecule has 4 aromatic rings. The van der Waals surface area contributed by atoms with Crippen LogP contribution in [0.5, 0.6) is 0 Å². The number of rotatable bonds is 7. The highest BCUT2D eigenvalue weighted by Gasteiger charge is 2.15. The predicted octanol–water partition coefficient (Wildman–Crippen LogP) is 4.07. The van der Waals surface area contributed by atoms with Gasteiger partial charge in [0.05, 0.1) is 5.69 Å². The topological polar surface area (TPSA) is 84.7 Å². The molecular formula is C22H19FN4O2S. The first kappa shape index (κ1) is 20.0. The molecule has 4 rings (SSSR count). The van der Waals surface area contributed by atoms with E-state index in [9.17, 15) is 9.18 Å². The van der Waals surface area contributed by atoms with Crippen LogP contribution in [0.3, 0.4) is 0 Å². The van der Waals surface area contributed by atoms with Crippen LogP contribution in [0.1, 0.15) is 33.9 Å². The average molecular weight is 422 g/mol. The highest BCUT2D eigenvalue weighted by Crippen LogP contribution is 2.22. The van der Waals surface area contributed by atoms with Gasteiger partial charge in [-0.3, -0.25) is 4.79 Å². The summed E-state index contributed by atoms with van der Waals surface area (Å²) in [4.78, 5) is 28.5. The molecular weight excluding hydrogens is 403 g/mol. The SMILES string of the molecule is Cc1ccc(Cc2nc(SCc3ccc(F)cc3)[nH]c(=O)c2Cc2cncnc2)o1. The summed E-state index contributed by atoms with van der Waals surface area (Å²) in [6, 6.07) is 10.0. The van der Waals surface area contributed by atoms with Crippen molar-refractivity contribution in [3.63, 3.8) is 0 Å². The van der Waals surface area contributed by atoms with Gasteiger partial charge in [0.1, 0.15) is 23.7 Å². The van der Waals surface area contributed by atoms with E-state index in [2.05, 4.69) is 15.0 Å². The molecule has 0 bridgehead atoms.